The van der Waals surface area contributed by atoms with E-state index >= 15 is 0 Å². The third kappa shape index (κ3) is 5.05. The zero-order valence-electron chi connectivity index (χ0n) is 20.1. The Balaban J connectivity index is 1.29. The highest BCUT2D eigenvalue weighted by atomic mass is 32.2. The van der Waals surface area contributed by atoms with Crippen LogP contribution in [-0.4, -0.2) is 86.3 Å². The predicted molar refractivity (Wildman–Crippen MR) is 137 cm³/mol. The van der Waals surface area contributed by atoms with E-state index < -0.39 is 59.3 Å². The summed E-state index contributed by atoms with van der Waals surface area (Å²) in [6.45, 7) is -0.632. The van der Waals surface area contributed by atoms with E-state index in [9.17, 15) is 38.6 Å². The van der Waals surface area contributed by atoms with Crippen molar-refractivity contribution in [3.63, 3.8) is 0 Å². The van der Waals surface area contributed by atoms with Crippen molar-refractivity contribution in [3.05, 3.63) is 69.5 Å². The Hall–Kier alpha value is -4.22. The standard InChI is InChI=1S/C23H19FN6O8S2/c24-12-3-1-2-10(6-12)18(33)19(34)25-16-20(35)29-17(22(36)37)11(9-40-21(16)29)8-39-14-5-4-13-26-28(7-15(31)32)23(38)30(13)27-14/h1-6,16,18,21,33H,7-9H2,(H,25,34)(H,31,32)(H,36,37)/t16?,18-,21-/m1/s1. The number of carboxylic acids is 2. The summed E-state index contributed by atoms with van der Waals surface area (Å²) in [6.07, 6.45) is -1.72. The summed E-state index contributed by atoms with van der Waals surface area (Å²) in [5, 5.41) is 39.1. The van der Waals surface area contributed by atoms with Crippen LogP contribution in [0, 0.1) is 5.82 Å². The van der Waals surface area contributed by atoms with Crippen molar-refractivity contribution in [2.24, 2.45) is 0 Å². The van der Waals surface area contributed by atoms with Gasteiger partial charge in [-0.05, 0) is 35.4 Å². The average molecular weight is 591 g/mol. The minimum Gasteiger partial charge on any atom is -0.480 e. The molecule has 1 saturated heterocycles. The molecule has 2 amide bonds. The molecule has 2 aliphatic heterocycles. The maximum Gasteiger partial charge on any atom is 0.367 e. The lowest BCUT2D eigenvalue weighted by Gasteiger charge is -2.49. The number of aliphatic carboxylic acids is 2. The lowest BCUT2D eigenvalue weighted by Crippen LogP contribution is -2.70. The fraction of sp³-hybridized carbons (Fsp3) is 0.261. The van der Waals surface area contributed by atoms with E-state index in [-0.39, 0.29) is 28.4 Å². The second-order valence-electron chi connectivity index (χ2n) is 8.68. The van der Waals surface area contributed by atoms with Crippen molar-refractivity contribution in [3.8, 4) is 0 Å². The predicted octanol–water partition coefficient (Wildman–Crippen LogP) is -0.321. The molecule has 4 heterocycles. The second-order valence-corrected chi connectivity index (χ2v) is 10.8. The second kappa shape index (κ2) is 10.7. The minimum atomic E-state index is -1.72. The number of fused-ring (bicyclic) bond motifs is 2. The molecule has 0 aliphatic carbocycles. The Labute approximate surface area is 231 Å². The van der Waals surface area contributed by atoms with E-state index in [1.165, 1.54) is 30.0 Å². The number of amides is 2. The molecule has 1 fully saturated rings. The largest absolute Gasteiger partial charge is 0.480 e. The smallest absolute Gasteiger partial charge is 0.367 e. The molecule has 0 spiro atoms. The number of benzene rings is 1. The van der Waals surface area contributed by atoms with Crippen molar-refractivity contribution in [1.29, 1.82) is 0 Å². The molecule has 40 heavy (non-hydrogen) atoms. The number of carboxylic acid groups (broad SMARTS) is 2. The number of hydrogen-bond acceptors (Lipinski definition) is 10. The molecular weight excluding hydrogens is 571 g/mol. The lowest BCUT2D eigenvalue weighted by atomic mass is 10.0. The van der Waals surface area contributed by atoms with E-state index in [0.717, 1.165) is 38.0 Å². The van der Waals surface area contributed by atoms with Gasteiger partial charge in [0.25, 0.3) is 11.8 Å². The van der Waals surface area contributed by atoms with Crippen LogP contribution in [0.25, 0.3) is 5.65 Å². The molecule has 14 nitrogen and oxygen atoms in total. The third-order valence-corrected chi connectivity index (χ3v) is 8.40. The van der Waals surface area contributed by atoms with Crippen LogP contribution in [0.4, 0.5) is 4.39 Å². The number of nitrogens with zero attached hydrogens (tertiary/aromatic N) is 5. The minimum absolute atomic E-state index is 0.00570. The molecule has 0 bridgehead atoms. The Morgan fingerprint density at radius 3 is 2.65 bits per heavy atom. The number of aliphatic hydroxyl groups is 1. The molecule has 1 unspecified atom stereocenters. The van der Waals surface area contributed by atoms with Gasteiger partial charge in [0.2, 0.25) is 0 Å². The zero-order chi connectivity index (χ0) is 28.7. The number of hydrogen-bond donors (Lipinski definition) is 4. The first-order chi connectivity index (χ1) is 19.0. The highest BCUT2D eigenvalue weighted by Crippen LogP contribution is 2.41. The van der Waals surface area contributed by atoms with Gasteiger partial charge in [0, 0.05) is 11.5 Å². The Kier molecular flexibility index (Phi) is 7.35. The summed E-state index contributed by atoms with van der Waals surface area (Å²) in [7, 11) is 0. The summed E-state index contributed by atoms with van der Waals surface area (Å²) in [5.74, 6) is -4.50. The normalized spacial score (nSPS) is 19.2. The van der Waals surface area contributed by atoms with Crippen LogP contribution < -0.4 is 11.0 Å². The van der Waals surface area contributed by atoms with E-state index in [1.807, 2.05) is 0 Å². The molecule has 2 aromatic heterocycles. The van der Waals surface area contributed by atoms with Crippen LogP contribution in [0.15, 0.2) is 57.5 Å². The van der Waals surface area contributed by atoms with Crippen molar-refractivity contribution in [1.82, 2.24) is 29.6 Å². The maximum absolute atomic E-state index is 13.5. The molecule has 3 atom stereocenters. The quantitative estimate of drug-likeness (QED) is 0.188. The first-order valence-corrected chi connectivity index (χ1v) is 13.5. The molecule has 5 rings (SSSR count). The molecule has 0 saturated carbocycles. The summed E-state index contributed by atoms with van der Waals surface area (Å²) in [6, 6.07) is 6.77. The van der Waals surface area contributed by atoms with E-state index in [4.69, 9.17) is 5.11 Å². The molecule has 3 aromatic rings. The first-order valence-electron chi connectivity index (χ1n) is 11.5. The zero-order valence-corrected chi connectivity index (χ0v) is 21.8. The SMILES string of the molecule is O=C(O)Cn1nc2ccc(SCC3=C(C(=O)O)N4C(=O)C(NC(=O)[C@H](O)c5cccc(F)c5)[C@H]4SC3)nn2c1=O. The van der Waals surface area contributed by atoms with Crippen molar-refractivity contribution >= 4 is 52.9 Å². The number of halogens is 1. The number of rotatable bonds is 9. The number of aromatic nitrogens is 4. The third-order valence-electron chi connectivity index (χ3n) is 6.06. The molecule has 4 N–H and O–H groups in total. The van der Waals surface area contributed by atoms with Crippen LogP contribution in [0.5, 0.6) is 0 Å². The number of aliphatic hydroxyl groups excluding tert-OH is 1. The van der Waals surface area contributed by atoms with Crippen molar-refractivity contribution < 1.29 is 38.9 Å². The molecule has 17 heteroatoms. The van der Waals surface area contributed by atoms with Gasteiger partial charge in [-0.25, -0.2) is 14.0 Å². The highest BCUT2D eigenvalue weighted by molar-refractivity contribution is 8.01. The van der Waals surface area contributed by atoms with Gasteiger partial charge in [0.15, 0.2) is 11.8 Å². The van der Waals surface area contributed by atoms with Gasteiger partial charge in [-0.1, -0.05) is 12.1 Å². The number of nitrogens with one attached hydrogen (secondary N) is 1. The van der Waals surface area contributed by atoms with Gasteiger partial charge in [0.1, 0.15) is 34.5 Å². The fourth-order valence-electron chi connectivity index (χ4n) is 4.22. The Morgan fingerprint density at radius 2 is 1.95 bits per heavy atom. The van der Waals surface area contributed by atoms with Gasteiger partial charge >= 0.3 is 17.6 Å². The highest BCUT2D eigenvalue weighted by Gasteiger charge is 2.54. The summed E-state index contributed by atoms with van der Waals surface area (Å²) >= 11 is 2.33. The van der Waals surface area contributed by atoms with Crippen molar-refractivity contribution in [2.75, 3.05) is 11.5 Å². The fourth-order valence-corrected chi connectivity index (χ4v) is 6.56. The summed E-state index contributed by atoms with van der Waals surface area (Å²) in [5.41, 5.74) is -0.425. The van der Waals surface area contributed by atoms with Crippen LogP contribution in [0.3, 0.4) is 0 Å². The molecule has 1 aromatic carbocycles. The van der Waals surface area contributed by atoms with E-state index in [1.54, 1.807) is 6.07 Å². The average Bonchev–Trinajstić information content (AvgIpc) is 3.22. The van der Waals surface area contributed by atoms with Gasteiger partial charge in [0.05, 0.1) is 0 Å². The van der Waals surface area contributed by atoms with Gasteiger partial charge in [-0.3, -0.25) is 19.3 Å². The van der Waals surface area contributed by atoms with Crippen molar-refractivity contribution in [2.45, 2.75) is 29.1 Å². The van der Waals surface area contributed by atoms with Crippen LogP contribution in [0.2, 0.25) is 0 Å². The van der Waals surface area contributed by atoms with Crippen LogP contribution in [0.1, 0.15) is 11.7 Å². The molecule has 0 radical (unpaired) electrons. The topological polar surface area (TPSA) is 196 Å². The van der Waals surface area contributed by atoms with Gasteiger partial charge in [-0.2, -0.15) is 14.3 Å². The number of thioether (sulfide) groups is 2. The Morgan fingerprint density at radius 1 is 1.18 bits per heavy atom. The lowest BCUT2D eigenvalue weighted by molar-refractivity contribution is -0.151. The van der Waals surface area contributed by atoms with E-state index in [2.05, 4.69) is 15.5 Å². The molecule has 208 valence electrons. The van der Waals surface area contributed by atoms with Crippen LogP contribution in [-0.2, 0) is 25.7 Å². The van der Waals surface area contributed by atoms with Gasteiger partial charge in [-0.15, -0.1) is 28.6 Å². The molecule has 2 aliphatic rings. The maximum atomic E-state index is 13.5. The summed E-state index contributed by atoms with van der Waals surface area (Å²) in [4.78, 5) is 61.9. The van der Waals surface area contributed by atoms with E-state index in [0.29, 0.717) is 10.6 Å². The van der Waals surface area contributed by atoms with Crippen LogP contribution >= 0.6 is 23.5 Å². The first kappa shape index (κ1) is 27.4. The number of carbonyl (C=O) groups is 4. The van der Waals surface area contributed by atoms with Gasteiger partial charge < -0.3 is 20.6 Å². The summed E-state index contributed by atoms with van der Waals surface area (Å²) < 4.78 is 15.2. The molecular formula is C23H19FN6O8S2. The monoisotopic (exact) mass is 590 g/mol. The number of β-lactam (4-membered cyclic amide) rings is 1. The Bertz CT molecular complexity index is 1660. The number of carbonyl (C=O) groups excluding carboxylic acids is 2.